The Balaban J connectivity index is 1.80. The van der Waals surface area contributed by atoms with E-state index in [2.05, 4.69) is 48.3 Å². The second-order valence-electron chi connectivity index (χ2n) is 8.60. The lowest BCUT2D eigenvalue weighted by Gasteiger charge is -2.45. The first-order valence-corrected chi connectivity index (χ1v) is 11.7. The highest BCUT2D eigenvalue weighted by Crippen LogP contribution is 2.43. The van der Waals surface area contributed by atoms with E-state index in [0.717, 1.165) is 22.4 Å². The van der Waals surface area contributed by atoms with Gasteiger partial charge < -0.3 is 10.0 Å². The molecule has 5 rings (SSSR count). The number of thioether (sulfide) groups is 1. The monoisotopic (exact) mass is 447 g/mol. The highest BCUT2D eigenvalue weighted by atomic mass is 32.2. The van der Waals surface area contributed by atoms with Gasteiger partial charge in [-0.1, -0.05) is 42.0 Å². The number of nitrogens with zero attached hydrogens (tertiary/aromatic N) is 3. The fourth-order valence-electron chi connectivity index (χ4n) is 4.55. The lowest BCUT2D eigenvalue weighted by molar-refractivity contribution is 0.0621. The number of amides is 1. The fraction of sp³-hybridized carbons (Fsp3) is 0.280. The number of carbonyl (C=O) groups excluding carboxylic acids is 1. The number of fused-ring (bicyclic) bond motifs is 3. The van der Waals surface area contributed by atoms with Crippen molar-refractivity contribution in [2.45, 2.75) is 43.5 Å². The van der Waals surface area contributed by atoms with E-state index < -0.39 is 11.2 Å². The number of hydrogen-bond acceptors (Lipinski definition) is 5. The van der Waals surface area contributed by atoms with Gasteiger partial charge in [-0.2, -0.15) is 0 Å². The first-order chi connectivity index (χ1) is 15.4. The van der Waals surface area contributed by atoms with Gasteiger partial charge in [-0.05, 0) is 43.5 Å². The van der Waals surface area contributed by atoms with Crippen LogP contribution in [-0.4, -0.2) is 33.3 Å². The van der Waals surface area contributed by atoms with Crippen molar-refractivity contribution in [3.63, 3.8) is 0 Å². The Morgan fingerprint density at radius 2 is 1.84 bits per heavy atom. The number of carbonyl (C=O) groups is 1. The smallest absolute Gasteiger partial charge is 0.278 e. The van der Waals surface area contributed by atoms with Crippen LogP contribution in [0.25, 0.3) is 0 Å². The minimum absolute atomic E-state index is 0.0148. The summed E-state index contributed by atoms with van der Waals surface area (Å²) in [7, 11) is 0. The van der Waals surface area contributed by atoms with E-state index in [1.165, 1.54) is 16.5 Å². The highest BCUT2D eigenvalue weighted by Gasteiger charge is 2.39. The van der Waals surface area contributed by atoms with Gasteiger partial charge in [-0.15, -0.1) is 11.8 Å². The van der Waals surface area contributed by atoms with Gasteiger partial charge in [-0.25, -0.2) is 0 Å². The minimum Gasteiger partial charge on any atom is -0.502 e. The van der Waals surface area contributed by atoms with Crippen molar-refractivity contribution in [1.82, 2.24) is 9.58 Å². The zero-order chi connectivity index (χ0) is 22.6. The summed E-state index contributed by atoms with van der Waals surface area (Å²) in [5, 5.41) is 12.7. The minimum atomic E-state index is -0.553. The van der Waals surface area contributed by atoms with E-state index in [-0.39, 0.29) is 23.7 Å². The molecule has 0 aliphatic carbocycles. The Morgan fingerprint density at radius 1 is 1.06 bits per heavy atom. The third-order valence-electron chi connectivity index (χ3n) is 6.21. The van der Waals surface area contributed by atoms with Crippen LogP contribution in [0.15, 0.2) is 64.4 Å². The van der Waals surface area contributed by atoms with Gasteiger partial charge in [-0.3, -0.25) is 19.3 Å². The number of hydrogen-bond donors (Lipinski definition) is 1. The summed E-state index contributed by atoms with van der Waals surface area (Å²) in [6.07, 6.45) is 1.60. The molecule has 3 heterocycles. The summed E-state index contributed by atoms with van der Waals surface area (Å²) < 4.78 is 1.67. The Labute approximate surface area is 191 Å². The Morgan fingerprint density at radius 3 is 2.62 bits per heavy atom. The van der Waals surface area contributed by atoms with E-state index in [1.54, 1.807) is 15.8 Å². The fourth-order valence-corrected chi connectivity index (χ4v) is 5.62. The molecule has 1 unspecified atom stereocenters. The van der Waals surface area contributed by atoms with Crippen molar-refractivity contribution in [1.29, 1.82) is 0 Å². The average molecular weight is 448 g/mol. The molecule has 1 amide bonds. The molecule has 2 aliphatic rings. The van der Waals surface area contributed by atoms with Gasteiger partial charge in [0, 0.05) is 29.0 Å². The lowest BCUT2D eigenvalue weighted by atomic mass is 9.93. The van der Waals surface area contributed by atoms with Crippen molar-refractivity contribution in [3.05, 3.63) is 92.9 Å². The SMILES string of the molecule is Cc1ccc2c(c1)C(N1CN(C(C)C)C(=O)c3c(O)c(=O)ccn31)c1ccccc1CS2. The van der Waals surface area contributed by atoms with Crippen LogP contribution >= 0.6 is 11.8 Å². The molecule has 1 N–H and O–H groups in total. The molecule has 32 heavy (non-hydrogen) atoms. The predicted octanol–water partition coefficient (Wildman–Crippen LogP) is 4.02. The van der Waals surface area contributed by atoms with Crippen LogP contribution < -0.4 is 10.4 Å². The van der Waals surface area contributed by atoms with Crippen molar-refractivity contribution in [2.24, 2.45) is 0 Å². The number of rotatable bonds is 2. The summed E-state index contributed by atoms with van der Waals surface area (Å²) in [4.78, 5) is 28.4. The van der Waals surface area contributed by atoms with E-state index in [4.69, 9.17) is 0 Å². The van der Waals surface area contributed by atoms with Crippen molar-refractivity contribution < 1.29 is 9.90 Å². The van der Waals surface area contributed by atoms with Gasteiger partial charge in [0.25, 0.3) is 5.91 Å². The molecular weight excluding hydrogens is 422 g/mol. The number of benzene rings is 2. The first kappa shape index (κ1) is 20.7. The van der Waals surface area contributed by atoms with E-state index >= 15 is 0 Å². The summed E-state index contributed by atoms with van der Waals surface area (Å²) in [5.41, 5.74) is 4.17. The topological polar surface area (TPSA) is 65.8 Å². The predicted molar refractivity (Wildman–Crippen MR) is 126 cm³/mol. The summed E-state index contributed by atoms with van der Waals surface area (Å²) in [6.45, 7) is 6.30. The third kappa shape index (κ3) is 3.19. The maximum Gasteiger partial charge on any atom is 0.278 e. The van der Waals surface area contributed by atoms with Crippen molar-refractivity contribution in [2.75, 3.05) is 11.7 Å². The molecule has 0 saturated heterocycles. The average Bonchev–Trinajstić information content (AvgIpc) is 2.93. The third-order valence-corrected chi connectivity index (χ3v) is 7.34. The molecule has 1 aromatic heterocycles. The van der Waals surface area contributed by atoms with Crippen molar-refractivity contribution in [3.8, 4) is 5.75 Å². The zero-order valence-electron chi connectivity index (χ0n) is 18.3. The normalized spacial score (nSPS) is 17.6. The molecule has 0 bridgehead atoms. The van der Waals surface area contributed by atoms with Crippen LogP contribution in [0.1, 0.15) is 52.6 Å². The second-order valence-corrected chi connectivity index (χ2v) is 9.62. The quantitative estimate of drug-likeness (QED) is 0.643. The summed E-state index contributed by atoms with van der Waals surface area (Å²) in [5.74, 6) is 0.00636. The van der Waals surface area contributed by atoms with Crippen LogP contribution in [0.2, 0.25) is 0 Å². The van der Waals surface area contributed by atoms with Crippen molar-refractivity contribution >= 4 is 17.7 Å². The largest absolute Gasteiger partial charge is 0.502 e. The Bertz CT molecular complexity index is 1280. The molecule has 0 saturated carbocycles. The Hall–Kier alpha value is -3.19. The van der Waals surface area contributed by atoms with Gasteiger partial charge in [0.05, 0.1) is 6.04 Å². The first-order valence-electron chi connectivity index (χ1n) is 10.7. The second kappa shape index (κ2) is 7.74. The standard InChI is InChI=1S/C25H25N3O3S/c1-15(2)26-14-28(27-11-10-20(29)24(30)23(27)25(26)31)22-18-7-5-4-6-17(18)13-32-21-9-8-16(3)12-19(21)22/h4-12,15,22,30H,13-14H2,1-3H3. The molecule has 2 aliphatic heterocycles. The van der Waals surface area contributed by atoms with E-state index in [1.807, 2.05) is 31.7 Å². The molecule has 6 nitrogen and oxygen atoms in total. The zero-order valence-corrected chi connectivity index (χ0v) is 19.1. The van der Waals surface area contributed by atoms with Crippen LogP contribution in [0.4, 0.5) is 0 Å². The van der Waals surface area contributed by atoms with E-state index in [9.17, 15) is 14.7 Å². The number of pyridine rings is 1. The van der Waals surface area contributed by atoms with Gasteiger partial charge >= 0.3 is 0 Å². The maximum atomic E-state index is 13.2. The van der Waals surface area contributed by atoms with Gasteiger partial charge in [0.15, 0.2) is 11.4 Å². The van der Waals surface area contributed by atoms with Gasteiger partial charge in [0.1, 0.15) is 6.67 Å². The molecule has 0 spiro atoms. The molecule has 1 atom stereocenters. The molecule has 0 fully saturated rings. The van der Waals surface area contributed by atoms with E-state index in [0.29, 0.717) is 6.67 Å². The molecule has 2 aromatic carbocycles. The number of aromatic nitrogens is 1. The molecule has 7 heteroatoms. The van der Waals surface area contributed by atoms with Crippen LogP contribution in [0.3, 0.4) is 0 Å². The molecule has 3 aromatic rings. The molecular formula is C25H25N3O3S. The lowest BCUT2D eigenvalue weighted by Crippen LogP contribution is -2.57. The molecule has 164 valence electrons. The summed E-state index contributed by atoms with van der Waals surface area (Å²) >= 11 is 1.81. The number of aryl methyl sites for hydroxylation is 1. The number of aromatic hydroxyl groups is 1. The van der Waals surface area contributed by atoms with Crippen LogP contribution in [0, 0.1) is 6.92 Å². The van der Waals surface area contributed by atoms with Crippen LogP contribution in [0.5, 0.6) is 5.75 Å². The van der Waals surface area contributed by atoms with Gasteiger partial charge in [0.2, 0.25) is 5.43 Å². The highest BCUT2D eigenvalue weighted by molar-refractivity contribution is 7.98. The summed E-state index contributed by atoms with van der Waals surface area (Å²) in [6, 6.07) is 15.9. The van der Waals surface area contributed by atoms with Crippen LogP contribution in [-0.2, 0) is 5.75 Å². The Kier molecular flexibility index (Phi) is 5.01. The molecule has 0 radical (unpaired) electrons. The maximum absolute atomic E-state index is 13.2.